The van der Waals surface area contributed by atoms with Crippen molar-refractivity contribution in [2.24, 2.45) is 5.73 Å². The Hall–Kier alpha value is -3.31. The zero-order valence-electron chi connectivity index (χ0n) is 16.0. The molecule has 0 bridgehead atoms. The fourth-order valence-electron chi connectivity index (χ4n) is 3.15. The number of hydrogen-bond donors (Lipinski definition) is 2. The molecule has 0 fully saturated rings. The first-order valence-corrected chi connectivity index (χ1v) is 9.27. The zero-order chi connectivity index (χ0) is 20.1. The van der Waals surface area contributed by atoms with E-state index in [0.717, 1.165) is 16.6 Å². The van der Waals surface area contributed by atoms with Gasteiger partial charge >= 0.3 is 0 Å². The average molecular weight is 377 g/mol. The van der Waals surface area contributed by atoms with Gasteiger partial charge in [-0.2, -0.15) is 5.26 Å². The number of amides is 1. The second-order valence-electron chi connectivity index (χ2n) is 6.47. The second kappa shape index (κ2) is 8.59. The Kier molecular flexibility index (Phi) is 5.96. The van der Waals surface area contributed by atoms with E-state index in [9.17, 15) is 10.1 Å². The van der Waals surface area contributed by atoms with Crippen LogP contribution in [0.4, 0.5) is 5.95 Å². The number of para-hydroxylation sites is 2. The minimum Gasteiger partial charge on any atom is -0.330 e. The van der Waals surface area contributed by atoms with Crippen molar-refractivity contribution >= 4 is 22.9 Å². The van der Waals surface area contributed by atoms with Crippen molar-refractivity contribution in [1.29, 1.82) is 5.26 Å². The number of nitrogens with one attached hydrogen (secondary N) is 1. The number of nitriles is 1. The molecule has 28 heavy (non-hydrogen) atoms. The van der Waals surface area contributed by atoms with Gasteiger partial charge in [-0.15, -0.1) is 0 Å². The standard InChI is InChI=1S/C20H23N7O/c1-3-27-16-8-5-4-7-15(16)24-19(27)14(11-22)18-13(2)12-23-20(26-18)25-17(28)9-6-10-21/h4-5,7-8,12,14H,3,6,9-10,21H2,1-2H3,(H,23,25,26,28). The van der Waals surface area contributed by atoms with Crippen LogP contribution in [-0.2, 0) is 11.3 Å². The van der Waals surface area contributed by atoms with Crippen molar-refractivity contribution in [2.75, 3.05) is 11.9 Å². The summed E-state index contributed by atoms with van der Waals surface area (Å²) in [5.74, 6) is -0.0555. The molecule has 1 amide bonds. The number of carbonyl (C=O) groups excluding carboxylic acids is 1. The Labute approximate surface area is 163 Å². The van der Waals surface area contributed by atoms with E-state index < -0.39 is 5.92 Å². The summed E-state index contributed by atoms with van der Waals surface area (Å²) in [5.41, 5.74) is 8.55. The molecule has 1 atom stereocenters. The number of aromatic nitrogens is 4. The van der Waals surface area contributed by atoms with E-state index in [4.69, 9.17) is 5.73 Å². The lowest BCUT2D eigenvalue weighted by Gasteiger charge is -2.14. The highest BCUT2D eigenvalue weighted by atomic mass is 16.1. The van der Waals surface area contributed by atoms with Crippen LogP contribution in [0.1, 0.15) is 42.8 Å². The molecular weight excluding hydrogens is 354 g/mol. The first-order valence-electron chi connectivity index (χ1n) is 9.27. The van der Waals surface area contributed by atoms with Crippen LogP contribution in [0, 0.1) is 18.3 Å². The minimum atomic E-state index is -0.671. The lowest BCUT2D eigenvalue weighted by atomic mass is 10.0. The molecule has 3 aromatic rings. The maximum absolute atomic E-state index is 12.0. The molecular formula is C20H23N7O. The highest BCUT2D eigenvalue weighted by Crippen LogP contribution is 2.28. The molecule has 0 spiro atoms. The van der Waals surface area contributed by atoms with E-state index in [2.05, 4.69) is 26.3 Å². The van der Waals surface area contributed by atoms with Crippen LogP contribution >= 0.6 is 0 Å². The van der Waals surface area contributed by atoms with Gasteiger partial charge in [-0.05, 0) is 44.5 Å². The molecule has 1 aromatic carbocycles. The summed E-state index contributed by atoms with van der Waals surface area (Å²) in [7, 11) is 0. The number of carbonyl (C=O) groups is 1. The first kappa shape index (κ1) is 19.5. The SMILES string of the molecule is CCn1c(C(C#N)c2nc(NC(=O)CCCN)ncc2C)nc2ccccc21. The van der Waals surface area contributed by atoms with Crippen LogP contribution in [0.25, 0.3) is 11.0 Å². The Morgan fingerprint density at radius 2 is 2.14 bits per heavy atom. The van der Waals surface area contributed by atoms with Gasteiger partial charge in [0.05, 0.1) is 22.8 Å². The third kappa shape index (κ3) is 3.85. The average Bonchev–Trinajstić information content (AvgIpc) is 3.07. The molecule has 0 saturated carbocycles. The van der Waals surface area contributed by atoms with Gasteiger partial charge in [0, 0.05) is 19.2 Å². The topological polar surface area (TPSA) is 123 Å². The van der Waals surface area contributed by atoms with E-state index >= 15 is 0 Å². The van der Waals surface area contributed by atoms with Gasteiger partial charge in [0.1, 0.15) is 11.7 Å². The number of imidazole rings is 1. The number of nitrogens with two attached hydrogens (primary N) is 1. The van der Waals surface area contributed by atoms with E-state index in [1.807, 2.05) is 42.7 Å². The fraction of sp³-hybridized carbons (Fsp3) is 0.350. The lowest BCUT2D eigenvalue weighted by molar-refractivity contribution is -0.116. The van der Waals surface area contributed by atoms with Gasteiger partial charge in [-0.25, -0.2) is 15.0 Å². The normalized spacial score (nSPS) is 11.9. The molecule has 144 valence electrons. The van der Waals surface area contributed by atoms with Crippen LogP contribution in [0.5, 0.6) is 0 Å². The Bertz CT molecular complexity index is 1030. The van der Waals surface area contributed by atoms with E-state index in [1.54, 1.807) is 6.20 Å². The Morgan fingerprint density at radius 3 is 2.86 bits per heavy atom. The predicted molar refractivity (Wildman–Crippen MR) is 107 cm³/mol. The van der Waals surface area contributed by atoms with Gasteiger partial charge in [0.2, 0.25) is 11.9 Å². The smallest absolute Gasteiger partial charge is 0.229 e. The van der Waals surface area contributed by atoms with Crippen LogP contribution in [0.2, 0.25) is 0 Å². The second-order valence-corrected chi connectivity index (χ2v) is 6.47. The molecule has 0 aliphatic rings. The summed E-state index contributed by atoms with van der Waals surface area (Å²) in [5, 5.41) is 12.6. The van der Waals surface area contributed by atoms with Crippen LogP contribution < -0.4 is 11.1 Å². The summed E-state index contributed by atoms with van der Waals surface area (Å²) in [6.45, 7) is 4.98. The van der Waals surface area contributed by atoms with Crippen molar-refractivity contribution in [1.82, 2.24) is 19.5 Å². The fourth-order valence-corrected chi connectivity index (χ4v) is 3.15. The van der Waals surface area contributed by atoms with Gasteiger partial charge in [-0.1, -0.05) is 12.1 Å². The molecule has 2 heterocycles. The highest BCUT2D eigenvalue weighted by Gasteiger charge is 2.25. The number of nitrogens with zero attached hydrogens (tertiary/aromatic N) is 5. The Morgan fingerprint density at radius 1 is 1.36 bits per heavy atom. The maximum atomic E-state index is 12.0. The molecule has 2 aromatic heterocycles. The van der Waals surface area contributed by atoms with E-state index in [0.29, 0.717) is 37.4 Å². The van der Waals surface area contributed by atoms with Gasteiger partial charge in [0.25, 0.3) is 0 Å². The molecule has 8 nitrogen and oxygen atoms in total. The largest absolute Gasteiger partial charge is 0.330 e. The number of benzene rings is 1. The summed E-state index contributed by atoms with van der Waals surface area (Å²) >= 11 is 0. The van der Waals surface area contributed by atoms with Crippen molar-refractivity contribution in [2.45, 2.75) is 39.2 Å². The molecule has 1 unspecified atom stereocenters. The molecule has 0 radical (unpaired) electrons. The monoisotopic (exact) mass is 377 g/mol. The summed E-state index contributed by atoms with van der Waals surface area (Å²) < 4.78 is 2.02. The first-order chi connectivity index (χ1) is 13.6. The molecule has 0 aliphatic carbocycles. The van der Waals surface area contributed by atoms with Gasteiger partial charge in [-0.3, -0.25) is 10.1 Å². The molecule has 3 N–H and O–H groups in total. The van der Waals surface area contributed by atoms with E-state index in [1.165, 1.54) is 0 Å². The van der Waals surface area contributed by atoms with E-state index in [-0.39, 0.29) is 11.9 Å². The zero-order valence-corrected chi connectivity index (χ0v) is 16.0. The van der Waals surface area contributed by atoms with Crippen molar-refractivity contribution in [3.05, 3.63) is 47.5 Å². The third-order valence-corrected chi connectivity index (χ3v) is 4.53. The summed E-state index contributed by atoms with van der Waals surface area (Å²) in [6, 6.07) is 10.1. The molecule has 0 saturated heterocycles. The summed E-state index contributed by atoms with van der Waals surface area (Å²) in [6.07, 6.45) is 2.51. The third-order valence-electron chi connectivity index (χ3n) is 4.53. The predicted octanol–water partition coefficient (Wildman–Crippen LogP) is 2.49. The highest BCUT2D eigenvalue weighted by molar-refractivity contribution is 5.88. The lowest BCUT2D eigenvalue weighted by Crippen LogP contribution is -2.17. The quantitative estimate of drug-likeness (QED) is 0.652. The molecule has 3 rings (SSSR count). The van der Waals surface area contributed by atoms with Crippen LogP contribution in [0.15, 0.2) is 30.5 Å². The molecule has 8 heteroatoms. The molecule has 0 aliphatic heterocycles. The number of anilines is 1. The van der Waals surface area contributed by atoms with Gasteiger partial charge < -0.3 is 10.3 Å². The summed E-state index contributed by atoms with van der Waals surface area (Å²) in [4.78, 5) is 25.3. The van der Waals surface area contributed by atoms with Crippen molar-refractivity contribution in [3.8, 4) is 6.07 Å². The number of rotatable bonds is 7. The number of fused-ring (bicyclic) bond motifs is 1. The van der Waals surface area contributed by atoms with Crippen LogP contribution in [-0.4, -0.2) is 32.0 Å². The maximum Gasteiger partial charge on any atom is 0.229 e. The van der Waals surface area contributed by atoms with Gasteiger partial charge in [0.15, 0.2) is 0 Å². The minimum absolute atomic E-state index is 0.182. The van der Waals surface area contributed by atoms with Crippen molar-refractivity contribution < 1.29 is 4.79 Å². The number of aryl methyl sites for hydroxylation is 2. The van der Waals surface area contributed by atoms with Crippen molar-refractivity contribution in [3.63, 3.8) is 0 Å². The number of hydrogen-bond acceptors (Lipinski definition) is 6. The van der Waals surface area contributed by atoms with Crippen LogP contribution in [0.3, 0.4) is 0 Å². The Balaban J connectivity index is 2.00.